The molecule has 7 fully saturated rings. The summed E-state index contributed by atoms with van der Waals surface area (Å²) in [5.41, 5.74) is -1.33. The van der Waals surface area contributed by atoms with Crippen molar-refractivity contribution in [3.8, 4) is 0 Å². The van der Waals surface area contributed by atoms with E-state index in [9.17, 15) is 19.8 Å². The fourth-order valence-corrected chi connectivity index (χ4v) is 16.0. The number of rotatable bonds is 8. The number of fused-ring (bicyclic) bond motifs is 1. The lowest BCUT2D eigenvalue weighted by Gasteiger charge is -2.71. The summed E-state index contributed by atoms with van der Waals surface area (Å²) in [5.74, 6) is 1.67. The van der Waals surface area contributed by atoms with E-state index in [1.54, 1.807) is 12.1 Å². The first-order chi connectivity index (χ1) is 26.7. The lowest BCUT2D eigenvalue weighted by atomic mass is 9.32. The number of nitrogens with zero attached hydrogens (tertiary/aromatic N) is 1. The van der Waals surface area contributed by atoms with Crippen molar-refractivity contribution < 1.29 is 24.2 Å². The van der Waals surface area contributed by atoms with Crippen LogP contribution in [0.15, 0.2) is 72.3 Å². The van der Waals surface area contributed by atoms with Gasteiger partial charge in [0.1, 0.15) is 5.82 Å². The number of para-hydroxylation sites is 1. The number of allylic oxidation sites excluding steroid dienone is 4. The summed E-state index contributed by atoms with van der Waals surface area (Å²) in [6.45, 7) is 5.51. The van der Waals surface area contributed by atoms with Gasteiger partial charge in [-0.25, -0.2) is 9.18 Å². The summed E-state index contributed by atoms with van der Waals surface area (Å²) in [7, 11) is 0. The van der Waals surface area contributed by atoms with Crippen molar-refractivity contribution in [2.75, 3.05) is 18.4 Å². The van der Waals surface area contributed by atoms with Crippen LogP contribution in [0.25, 0.3) is 0 Å². The number of Topliss-reactive ketones (excluding diaryl/α,β-unsaturated/α-hetero) is 1. The van der Waals surface area contributed by atoms with Crippen molar-refractivity contribution in [3.05, 3.63) is 88.7 Å². The molecule has 0 heterocycles. The Hall–Kier alpha value is -3.00. The molecule has 8 atom stereocenters. The average molecular weight is 781 g/mol. The number of carbonyl (C=O) groups excluding carboxylic acids is 2. The molecular formula is C48H58ClFN2O4. The van der Waals surface area contributed by atoms with E-state index < -0.39 is 33.8 Å². The first-order valence-corrected chi connectivity index (χ1v) is 22.0. The van der Waals surface area contributed by atoms with E-state index in [4.69, 9.17) is 11.6 Å². The van der Waals surface area contributed by atoms with Crippen molar-refractivity contribution in [2.24, 2.45) is 56.7 Å². The highest BCUT2D eigenvalue weighted by atomic mass is 35.5. The van der Waals surface area contributed by atoms with Gasteiger partial charge in [0.2, 0.25) is 0 Å². The molecule has 2 spiro atoms. The molecule has 0 aromatic heterocycles. The zero-order valence-corrected chi connectivity index (χ0v) is 33.8. The first kappa shape index (κ1) is 37.3. The molecule has 6 nitrogen and oxygen atoms in total. The lowest BCUT2D eigenvalue weighted by Crippen LogP contribution is -2.67. The standard InChI is InChI=1S/C48H58ClFN2O4/c1-43-14-11-34(53)26-46(43)17-18-48(36(27-46)39(54)22-35-37(49)9-6-10-38(35)50)40(43)12-15-44(2)41(48)13-16-47(44,56)29-52(42(55)51-33-7-4-3-5-8-33)28-45-23-30-19-31(24-45)21-32(20-30)25-45/h3-10,17-18,27,30-32,34,40-41,53,56H,11-16,19-26,28-29H2,1-2H3,(H,51,55). The molecule has 2 aromatic carbocycles. The number of halogens is 2. The number of amides is 2. The van der Waals surface area contributed by atoms with Crippen LogP contribution in [0.1, 0.15) is 103 Å². The van der Waals surface area contributed by atoms with E-state index in [0.717, 1.165) is 55.5 Å². The minimum Gasteiger partial charge on any atom is -0.393 e. The topological polar surface area (TPSA) is 89.9 Å². The number of aliphatic hydroxyl groups excluding tert-OH is 1. The Morgan fingerprint density at radius 2 is 1.50 bits per heavy atom. The lowest BCUT2D eigenvalue weighted by molar-refractivity contribution is -0.179. The minimum atomic E-state index is -1.18. The molecule has 0 saturated heterocycles. The molecular weight excluding hydrogens is 723 g/mol. The van der Waals surface area contributed by atoms with E-state index in [1.807, 2.05) is 35.2 Å². The largest absolute Gasteiger partial charge is 0.393 e. The van der Waals surface area contributed by atoms with Crippen molar-refractivity contribution >= 4 is 29.1 Å². The van der Waals surface area contributed by atoms with Gasteiger partial charge in [-0.2, -0.15) is 0 Å². The predicted octanol–water partition coefficient (Wildman–Crippen LogP) is 9.93. The molecule has 8 heteroatoms. The second kappa shape index (κ2) is 12.7. The maximum atomic E-state index is 15.3. The molecule has 2 aromatic rings. The second-order valence-corrected chi connectivity index (χ2v) is 21.1. The van der Waals surface area contributed by atoms with E-state index >= 15 is 4.39 Å². The number of hydrogen-bond donors (Lipinski definition) is 3. The quantitative estimate of drug-likeness (QED) is 0.233. The van der Waals surface area contributed by atoms with Gasteiger partial charge in [0.25, 0.3) is 0 Å². The SMILES string of the molecule is CC12CCC(O)CC13C=CC1(C(C(=O)Cc4c(F)cccc4Cl)=C3)C2CCC2(C)C1CCC2(O)CN(CC12CC3CC(CC(C3)C1)C2)C(=O)Nc1ccccc1. The number of carbonyl (C=O) groups is 2. The van der Waals surface area contributed by atoms with Crippen LogP contribution < -0.4 is 5.32 Å². The summed E-state index contributed by atoms with van der Waals surface area (Å²) >= 11 is 6.53. The van der Waals surface area contributed by atoms with Gasteiger partial charge in [0.05, 0.1) is 18.2 Å². The van der Waals surface area contributed by atoms with Crippen LogP contribution >= 0.6 is 11.6 Å². The molecule has 10 aliphatic rings. The van der Waals surface area contributed by atoms with Crippen LogP contribution in [0.4, 0.5) is 14.9 Å². The number of aliphatic hydroxyl groups is 2. The van der Waals surface area contributed by atoms with Crippen molar-refractivity contribution in [1.29, 1.82) is 0 Å². The van der Waals surface area contributed by atoms with E-state index in [1.165, 1.54) is 44.6 Å². The van der Waals surface area contributed by atoms with Crippen LogP contribution in [0.3, 0.4) is 0 Å². The van der Waals surface area contributed by atoms with Crippen molar-refractivity contribution in [3.63, 3.8) is 0 Å². The molecule has 6 bridgehead atoms. The molecule has 10 aliphatic carbocycles. The maximum Gasteiger partial charge on any atom is 0.321 e. The summed E-state index contributed by atoms with van der Waals surface area (Å²) in [6.07, 6.45) is 18.7. The summed E-state index contributed by atoms with van der Waals surface area (Å²) in [5, 5.41) is 27.9. The molecule has 8 unspecified atom stereocenters. The van der Waals surface area contributed by atoms with Gasteiger partial charge in [-0.15, -0.1) is 0 Å². The maximum absolute atomic E-state index is 15.3. The number of nitrogens with one attached hydrogen (secondary N) is 1. The first-order valence-electron chi connectivity index (χ1n) is 21.6. The Bertz CT molecular complexity index is 1960. The number of anilines is 1. The Labute approximate surface area is 336 Å². The average Bonchev–Trinajstić information content (AvgIpc) is 3.42. The monoisotopic (exact) mass is 780 g/mol. The van der Waals surface area contributed by atoms with Gasteiger partial charge >= 0.3 is 6.03 Å². The molecule has 298 valence electrons. The van der Waals surface area contributed by atoms with Gasteiger partial charge < -0.3 is 20.4 Å². The molecule has 12 rings (SSSR count). The Morgan fingerprint density at radius 3 is 2.20 bits per heavy atom. The molecule has 56 heavy (non-hydrogen) atoms. The molecule has 3 N–H and O–H groups in total. The van der Waals surface area contributed by atoms with Gasteiger partial charge in [0.15, 0.2) is 5.78 Å². The molecule has 0 radical (unpaired) electrons. The van der Waals surface area contributed by atoms with E-state index in [2.05, 4.69) is 37.4 Å². The second-order valence-electron chi connectivity index (χ2n) is 20.7. The fraction of sp³-hybridized carbons (Fsp3) is 0.625. The zero-order chi connectivity index (χ0) is 38.9. The highest BCUT2D eigenvalue weighted by Gasteiger charge is 2.74. The normalized spacial score (nSPS) is 43.8. The van der Waals surface area contributed by atoms with Gasteiger partial charge in [-0.05, 0) is 148 Å². The summed E-state index contributed by atoms with van der Waals surface area (Å²) in [4.78, 5) is 31.5. The third-order valence-electron chi connectivity index (χ3n) is 17.9. The number of benzene rings is 2. The summed E-state index contributed by atoms with van der Waals surface area (Å²) < 4.78 is 15.3. The van der Waals surface area contributed by atoms with Crippen LogP contribution in [0, 0.1) is 62.5 Å². The van der Waals surface area contributed by atoms with E-state index in [0.29, 0.717) is 25.0 Å². The highest BCUT2D eigenvalue weighted by Crippen LogP contribution is 2.78. The third kappa shape index (κ3) is 5.31. The predicted molar refractivity (Wildman–Crippen MR) is 216 cm³/mol. The Kier molecular flexibility index (Phi) is 8.49. The van der Waals surface area contributed by atoms with Gasteiger partial charge in [-0.1, -0.05) is 67.9 Å². The zero-order valence-electron chi connectivity index (χ0n) is 33.0. The van der Waals surface area contributed by atoms with Gasteiger partial charge in [-0.3, -0.25) is 4.79 Å². The van der Waals surface area contributed by atoms with Crippen LogP contribution in [0.5, 0.6) is 0 Å². The van der Waals surface area contributed by atoms with Crippen LogP contribution in [-0.4, -0.2) is 51.7 Å². The number of hydrogen-bond acceptors (Lipinski definition) is 4. The highest BCUT2D eigenvalue weighted by molar-refractivity contribution is 6.31. The van der Waals surface area contributed by atoms with Crippen LogP contribution in [0.2, 0.25) is 5.02 Å². The molecule has 7 saturated carbocycles. The number of ketones is 1. The van der Waals surface area contributed by atoms with Crippen molar-refractivity contribution in [1.82, 2.24) is 4.90 Å². The van der Waals surface area contributed by atoms with Crippen LogP contribution in [-0.2, 0) is 11.2 Å². The summed E-state index contributed by atoms with van der Waals surface area (Å²) in [6, 6.07) is 14.1. The third-order valence-corrected chi connectivity index (χ3v) is 18.2. The molecule has 0 aliphatic heterocycles. The minimum absolute atomic E-state index is 0.0677. The number of urea groups is 1. The Morgan fingerprint density at radius 1 is 0.839 bits per heavy atom. The Balaban J connectivity index is 1.02. The van der Waals surface area contributed by atoms with E-state index in [-0.39, 0.29) is 58.0 Å². The fourth-order valence-electron chi connectivity index (χ4n) is 15.7. The van der Waals surface area contributed by atoms with Crippen molar-refractivity contribution in [2.45, 2.75) is 115 Å². The molecule has 2 amide bonds. The smallest absolute Gasteiger partial charge is 0.321 e. The van der Waals surface area contributed by atoms with Gasteiger partial charge in [0, 0.05) is 51.1 Å².